The number of aromatic nitrogens is 4. The van der Waals surface area contributed by atoms with Crippen LogP contribution in [0, 0.1) is 4.77 Å². The van der Waals surface area contributed by atoms with Crippen molar-refractivity contribution in [1.82, 2.24) is 19.7 Å². The van der Waals surface area contributed by atoms with Crippen LogP contribution in [-0.2, 0) is 11.3 Å². The Balaban J connectivity index is 1.69. The maximum atomic E-state index is 5.90. The van der Waals surface area contributed by atoms with Gasteiger partial charge in [0.05, 0.1) is 19.3 Å². The lowest BCUT2D eigenvalue weighted by Crippen LogP contribution is -2.14. The first-order chi connectivity index (χ1) is 9.84. The number of pyridine rings is 1. The molecular weight excluding hydrogens is 272 g/mol. The van der Waals surface area contributed by atoms with Gasteiger partial charge in [-0.05, 0) is 37.2 Å². The summed E-state index contributed by atoms with van der Waals surface area (Å²) in [4.78, 5) is 4.02. The van der Waals surface area contributed by atoms with Crippen LogP contribution >= 0.6 is 12.2 Å². The van der Waals surface area contributed by atoms with E-state index >= 15 is 0 Å². The normalized spacial score (nSPS) is 15.8. The first-order valence-electron chi connectivity index (χ1n) is 7.02. The van der Waals surface area contributed by atoms with Crippen LogP contribution < -0.4 is 0 Å². The molecule has 0 amide bonds. The summed E-state index contributed by atoms with van der Waals surface area (Å²) in [6.45, 7) is 1.40. The molecule has 2 heterocycles. The SMILES string of the molecule is S=c1[nH]nc(-c2ccncc2)n1CCOC1CCCC1. The molecule has 1 aliphatic rings. The molecule has 6 heteroatoms. The Hall–Kier alpha value is -1.53. The number of aromatic amines is 1. The highest BCUT2D eigenvalue weighted by Crippen LogP contribution is 2.21. The predicted octanol–water partition coefficient (Wildman–Crippen LogP) is 2.96. The van der Waals surface area contributed by atoms with Crippen LogP contribution in [0.15, 0.2) is 24.5 Å². The molecule has 2 aromatic heterocycles. The zero-order valence-corrected chi connectivity index (χ0v) is 12.1. The van der Waals surface area contributed by atoms with Gasteiger partial charge in [-0.1, -0.05) is 12.8 Å². The summed E-state index contributed by atoms with van der Waals surface area (Å²) >= 11 is 5.29. The number of rotatable bonds is 5. The number of hydrogen-bond donors (Lipinski definition) is 1. The minimum atomic E-state index is 0.431. The average molecular weight is 290 g/mol. The molecular formula is C14H18N4OS. The van der Waals surface area contributed by atoms with Crippen LogP contribution in [0.5, 0.6) is 0 Å². The third-order valence-corrected chi connectivity index (χ3v) is 3.98. The zero-order chi connectivity index (χ0) is 13.8. The van der Waals surface area contributed by atoms with E-state index < -0.39 is 0 Å². The van der Waals surface area contributed by atoms with E-state index in [4.69, 9.17) is 17.0 Å². The van der Waals surface area contributed by atoms with E-state index in [1.165, 1.54) is 25.7 Å². The smallest absolute Gasteiger partial charge is 0.195 e. The van der Waals surface area contributed by atoms with E-state index in [2.05, 4.69) is 15.2 Å². The number of H-pyrrole nitrogens is 1. The third kappa shape index (κ3) is 2.96. The Labute approximate surface area is 123 Å². The van der Waals surface area contributed by atoms with Crippen LogP contribution in [0.3, 0.4) is 0 Å². The molecule has 3 rings (SSSR count). The first kappa shape index (κ1) is 13.5. The lowest BCUT2D eigenvalue weighted by Gasteiger charge is -2.12. The van der Waals surface area contributed by atoms with Crippen molar-refractivity contribution >= 4 is 12.2 Å². The summed E-state index contributed by atoms with van der Waals surface area (Å²) in [5.41, 5.74) is 1.01. The van der Waals surface area contributed by atoms with Gasteiger partial charge < -0.3 is 4.74 Å². The van der Waals surface area contributed by atoms with Crippen LogP contribution in [-0.4, -0.2) is 32.5 Å². The van der Waals surface area contributed by atoms with Gasteiger partial charge in [0, 0.05) is 18.0 Å². The Kier molecular flexibility index (Phi) is 4.22. The molecule has 0 unspecified atom stereocenters. The van der Waals surface area contributed by atoms with Crippen LogP contribution in [0.2, 0.25) is 0 Å². The zero-order valence-electron chi connectivity index (χ0n) is 11.3. The Morgan fingerprint density at radius 1 is 1.30 bits per heavy atom. The highest BCUT2D eigenvalue weighted by Gasteiger charge is 2.15. The summed E-state index contributed by atoms with van der Waals surface area (Å²) in [7, 11) is 0. The standard InChI is InChI=1S/C14H18N4OS/c20-14-17-16-13(11-5-7-15-8-6-11)18(14)9-10-19-12-3-1-2-4-12/h5-8,12H,1-4,9-10H2,(H,17,20). The van der Waals surface area contributed by atoms with Crippen LogP contribution in [0.4, 0.5) is 0 Å². The topological polar surface area (TPSA) is 55.7 Å². The van der Waals surface area contributed by atoms with Crippen LogP contribution in [0.1, 0.15) is 25.7 Å². The Morgan fingerprint density at radius 2 is 2.05 bits per heavy atom. The van der Waals surface area contributed by atoms with Gasteiger partial charge in [0.2, 0.25) is 0 Å². The summed E-state index contributed by atoms with van der Waals surface area (Å²) in [5, 5.41) is 7.15. The number of hydrogen-bond acceptors (Lipinski definition) is 4. The maximum Gasteiger partial charge on any atom is 0.195 e. The average Bonchev–Trinajstić information content (AvgIpc) is 3.11. The molecule has 0 aromatic carbocycles. The highest BCUT2D eigenvalue weighted by molar-refractivity contribution is 7.71. The summed E-state index contributed by atoms with van der Waals surface area (Å²) in [6.07, 6.45) is 8.90. The molecule has 1 N–H and O–H groups in total. The van der Waals surface area contributed by atoms with Gasteiger partial charge in [0.15, 0.2) is 10.6 Å². The fourth-order valence-corrected chi connectivity index (χ4v) is 2.84. The molecule has 1 aliphatic carbocycles. The van der Waals surface area contributed by atoms with Gasteiger partial charge in [-0.25, -0.2) is 0 Å². The van der Waals surface area contributed by atoms with Crippen molar-refractivity contribution in [3.63, 3.8) is 0 Å². The van der Waals surface area contributed by atoms with Crippen molar-refractivity contribution in [3.05, 3.63) is 29.3 Å². The number of nitrogens with one attached hydrogen (secondary N) is 1. The molecule has 0 saturated heterocycles. The van der Waals surface area contributed by atoms with E-state index in [9.17, 15) is 0 Å². The number of nitrogens with zero attached hydrogens (tertiary/aromatic N) is 3. The van der Waals surface area contributed by atoms with E-state index in [-0.39, 0.29) is 0 Å². The first-order valence-corrected chi connectivity index (χ1v) is 7.42. The quantitative estimate of drug-likeness (QED) is 0.860. The van der Waals surface area contributed by atoms with Crippen molar-refractivity contribution in [2.45, 2.75) is 38.3 Å². The summed E-state index contributed by atoms with van der Waals surface area (Å²) in [5.74, 6) is 0.840. The van der Waals surface area contributed by atoms with Gasteiger partial charge in [0.1, 0.15) is 0 Å². The van der Waals surface area contributed by atoms with E-state index in [0.717, 1.165) is 17.9 Å². The molecule has 0 spiro atoms. The van der Waals surface area contributed by atoms with Crippen molar-refractivity contribution in [2.75, 3.05) is 6.61 Å². The lowest BCUT2D eigenvalue weighted by atomic mass is 10.2. The van der Waals surface area contributed by atoms with Crippen molar-refractivity contribution < 1.29 is 4.74 Å². The summed E-state index contributed by atoms with van der Waals surface area (Å²) < 4.78 is 8.52. The molecule has 0 bridgehead atoms. The van der Waals surface area contributed by atoms with Crippen LogP contribution in [0.25, 0.3) is 11.4 Å². The molecule has 5 nitrogen and oxygen atoms in total. The van der Waals surface area contributed by atoms with Gasteiger partial charge in [0.25, 0.3) is 0 Å². The van der Waals surface area contributed by atoms with E-state index in [1.54, 1.807) is 12.4 Å². The highest BCUT2D eigenvalue weighted by atomic mass is 32.1. The fourth-order valence-electron chi connectivity index (χ4n) is 2.61. The lowest BCUT2D eigenvalue weighted by molar-refractivity contribution is 0.0530. The molecule has 0 aliphatic heterocycles. The largest absolute Gasteiger partial charge is 0.376 e. The van der Waals surface area contributed by atoms with Gasteiger partial charge in [-0.15, -0.1) is 0 Å². The van der Waals surface area contributed by atoms with Gasteiger partial charge >= 0.3 is 0 Å². The number of ether oxygens (including phenoxy) is 1. The minimum Gasteiger partial charge on any atom is -0.376 e. The van der Waals surface area contributed by atoms with Gasteiger partial charge in [-0.2, -0.15) is 5.10 Å². The molecule has 20 heavy (non-hydrogen) atoms. The molecule has 106 valence electrons. The fraction of sp³-hybridized carbons (Fsp3) is 0.500. The van der Waals surface area contributed by atoms with Crippen molar-refractivity contribution in [1.29, 1.82) is 0 Å². The maximum absolute atomic E-state index is 5.90. The Morgan fingerprint density at radius 3 is 2.80 bits per heavy atom. The second-order valence-corrected chi connectivity index (χ2v) is 5.40. The van der Waals surface area contributed by atoms with E-state index in [1.807, 2.05) is 16.7 Å². The summed E-state index contributed by atoms with van der Waals surface area (Å²) in [6, 6.07) is 3.86. The van der Waals surface area contributed by atoms with Crippen molar-refractivity contribution in [2.24, 2.45) is 0 Å². The third-order valence-electron chi connectivity index (χ3n) is 3.67. The van der Waals surface area contributed by atoms with Crippen molar-refractivity contribution in [3.8, 4) is 11.4 Å². The molecule has 0 atom stereocenters. The van der Waals surface area contributed by atoms with E-state index in [0.29, 0.717) is 17.5 Å². The Bertz CT molecular complexity index is 601. The second-order valence-electron chi connectivity index (χ2n) is 5.02. The monoisotopic (exact) mass is 290 g/mol. The second kappa shape index (κ2) is 6.28. The predicted molar refractivity (Wildman–Crippen MR) is 78.9 cm³/mol. The minimum absolute atomic E-state index is 0.431. The molecule has 1 fully saturated rings. The molecule has 2 aromatic rings. The van der Waals surface area contributed by atoms with Gasteiger partial charge in [-0.3, -0.25) is 14.6 Å². The molecule has 1 saturated carbocycles. The molecule has 0 radical (unpaired) electrons.